The van der Waals surface area contributed by atoms with Crippen LogP contribution in [0.25, 0.3) is 5.76 Å². The molecule has 2 N–H and O–H groups in total. The Kier molecular flexibility index (Phi) is 4.45. The molecule has 5 nitrogen and oxygen atoms in total. The number of allylic oxidation sites excluding steroid dienone is 2. The third-order valence-electron chi connectivity index (χ3n) is 5.08. The van der Waals surface area contributed by atoms with Crippen molar-refractivity contribution in [2.24, 2.45) is 5.73 Å². The van der Waals surface area contributed by atoms with E-state index in [1.54, 1.807) is 30.3 Å². The molecular weight excluding hydrogens is 396 g/mol. The molecule has 7 heteroatoms. The largest absolute Gasteiger partial charge is 0.440 e. The first kappa shape index (κ1) is 18.6. The summed E-state index contributed by atoms with van der Waals surface area (Å²) in [6.07, 6.45) is 0.247. The van der Waals surface area contributed by atoms with Gasteiger partial charge in [-0.1, -0.05) is 35.4 Å². The molecule has 2 heterocycles. The number of nitrogens with two attached hydrogens (primary N) is 1. The van der Waals surface area contributed by atoms with Crippen LogP contribution in [0.3, 0.4) is 0 Å². The van der Waals surface area contributed by atoms with E-state index in [2.05, 4.69) is 6.07 Å². The maximum absolute atomic E-state index is 12.9. The first-order chi connectivity index (χ1) is 13.3. The number of nitrogens with zero attached hydrogens (tertiary/aromatic N) is 1. The van der Waals surface area contributed by atoms with Gasteiger partial charge < -0.3 is 10.5 Å². The first-order valence-electron chi connectivity index (χ1n) is 8.71. The van der Waals surface area contributed by atoms with Crippen molar-refractivity contribution in [1.29, 1.82) is 5.26 Å². The molecule has 142 valence electrons. The van der Waals surface area contributed by atoms with Crippen molar-refractivity contribution in [2.45, 2.75) is 24.2 Å². The van der Waals surface area contributed by atoms with Crippen LogP contribution >= 0.6 is 11.6 Å². The number of aryl methyl sites for hydroxylation is 1. The van der Waals surface area contributed by atoms with E-state index >= 15 is 0 Å². The highest BCUT2D eigenvalue weighted by Gasteiger charge is 2.38. The highest BCUT2D eigenvalue weighted by Crippen LogP contribution is 2.47. The van der Waals surface area contributed by atoms with Gasteiger partial charge in [-0.3, -0.25) is 0 Å². The van der Waals surface area contributed by atoms with Crippen LogP contribution in [0.1, 0.15) is 29.0 Å². The zero-order chi connectivity index (χ0) is 20.1. The van der Waals surface area contributed by atoms with E-state index in [4.69, 9.17) is 22.1 Å². The van der Waals surface area contributed by atoms with Crippen LogP contribution in [0.15, 0.2) is 64.4 Å². The molecule has 2 aliphatic heterocycles. The number of fused-ring (bicyclic) bond motifs is 2. The van der Waals surface area contributed by atoms with Crippen LogP contribution in [0.2, 0.25) is 5.02 Å². The minimum atomic E-state index is -3.49. The predicted molar refractivity (Wildman–Crippen MR) is 107 cm³/mol. The lowest BCUT2D eigenvalue weighted by Gasteiger charge is -2.29. The van der Waals surface area contributed by atoms with E-state index in [9.17, 15) is 13.7 Å². The fraction of sp³-hybridized carbons (Fsp3) is 0.190. The van der Waals surface area contributed by atoms with Gasteiger partial charge in [0, 0.05) is 16.5 Å². The van der Waals surface area contributed by atoms with Crippen molar-refractivity contribution in [3.63, 3.8) is 0 Å². The average molecular weight is 413 g/mol. The Morgan fingerprint density at radius 1 is 1.21 bits per heavy atom. The highest BCUT2D eigenvalue weighted by atomic mass is 35.5. The van der Waals surface area contributed by atoms with Crippen LogP contribution < -0.4 is 5.73 Å². The maximum Gasteiger partial charge on any atom is 0.205 e. The molecule has 0 radical (unpaired) electrons. The summed E-state index contributed by atoms with van der Waals surface area (Å²) in [6.45, 7) is 1.89. The second-order valence-electron chi connectivity index (χ2n) is 6.90. The van der Waals surface area contributed by atoms with Crippen LogP contribution in [0.4, 0.5) is 0 Å². The molecular formula is C21H17ClN2O3S. The minimum absolute atomic E-state index is 0.00652. The third kappa shape index (κ3) is 2.97. The Labute approximate surface area is 168 Å². The number of benzene rings is 2. The second-order valence-corrected chi connectivity index (χ2v) is 9.41. The fourth-order valence-corrected chi connectivity index (χ4v) is 5.35. The van der Waals surface area contributed by atoms with Gasteiger partial charge in [0.15, 0.2) is 9.84 Å². The molecule has 2 aromatic rings. The molecule has 0 aromatic heterocycles. The zero-order valence-electron chi connectivity index (χ0n) is 15.1. The zero-order valence-corrected chi connectivity index (χ0v) is 16.6. The molecule has 0 saturated carbocycles. The van der Waals surface area contributed by atoms with E-state index in [1.165, 1.54) is 0 Å². The molecule has 28 heavy (non-hydrogen) atoms. The van der Waals surface area contributed by atoms with Gasteiger partial charge in [-0.2, -0.15) is 5.26 Å². The Bertz CT molecular complexity index is 1190. The van der Waals surface area contributed by atoms with Gasteiger partial charge in [-0.25, -0.2) is 8.42 Å². The van der Waals surface area contributed by atoms with Crippen LogP contribution in [-0.2, 0) is 14.6 Å². The predicted octanol–water partition coefficient (Wildman–Crippen LogP) is 4.04. The summed E-state index contributed by atoms with van der Waals surface area (Å²) < 4.78 is 31.6. The summed E-state index contributed by atoms with van der Waals surface area (Å²) in [5, 5.41) is 10.3. The lowest BCUT2D eigenvalue weighted by atomic mass is 9.81. The van der Waals surface area contributed by atoms with E-state index in [0.29, 0.717) is 16.3 Å². The van der Waals surface area contributed by atoms with Crippen molar-refractivity contribution in [1.82, 2.24) is 0 Å². The van der Waals surface area contributed by atoms with Crippen LogP contribution in [0, 0.1) is 18.3 Å². The van der Waals surface area contributed by atoms with Gasteiger partial charge in [0.2, 0.25) is 5.88 Å². The molecule has 1 atom stereocenters. The number of hydrogen-bond acceptors (Lipinski definition) is 5. The van der Waals surface area contributed by atoms with Crippen molar-refractivity contribution in [3.05, 3.63) is 81.2 Å². The molecule has 1 unspecified atom stereocenters. The first-order valence-corrected chi connectivity index (χ1v) is 10.7. The molecule has 0 amide bonds. The number of halogens is 1. The number of sulfone groups is 1. The second kappa shape index (κ2) is 6.69. The van der Waals surface area contributed by atoms with Crippen molar-refractivity contribution in [3.8, 4) is 6.07 Å². The molecule has 0 saturated heterocycles. The number of rotatable bonds is 1. The molecule has 2 aromatic carbocycles. The minimum Gasteiger partial charge on any atom is -0.440 e. The third-order valence-corrected chi connectivity index (χ3v) is 7.10. The molecule has 0 spiro atoms. The Hall–Kier alpha value is -2.75. The number of hydrogen-bond donors (Lipinski definition) is 1. The molecule has 2 aliphatic rings. The average Bonchev–Trinajstić information content (AvgIpc) is 2.76. The topological polar surface area (TPSA) is 93.2 Å². The SMILES string of the molecule is Cc1ccc2c(c1)C1=C(CCS2(=O)=O)C(c2ccc(Cl)cc2)C(C#N)=C(N)O1. The van der Waals surface area contributed by atoms with Gasteiger partial charge in [-0.05, 0) is 48.7 Å². The van der Waals surface area contributed by atoms with Crippen LogP contribution in [-0.4, -0.2) is 14.2 Å². The lowest BCUT2D eigenvalue weighted by Crippen LogP contribution is -2.20. The van der Waals surface area contributed by atoms with Crippen molar-refractivity contribution in [2.75, 3.05) is 5.75 Å². The van der Waals surface area contributed by atoms with Crippen LogP contribution in [0.5, 0.6) is 0 Å². The van der Waals surface area contributed by atoms with Gasteiger partial charge >= 0.3 is 0 Å². The normalized spacial score (nSPS) is 20.5. The van der Waals surface area contributed by atoms with E-state index in [0.717, 1.165) is 16.7 Å². The summed E-state index contributed by atoms with van der Waals surface area (Å²) >= 11 is 6.02. The molecule has 0 bridgehead atoms. The summed E-state index contributed by atoms with van der Waals surface area (Å²) in [6, 6.07) is 14.4. The summed E-state index contributed by atoms with van der Waals surface area (Å²) in [5.74, 6) is -0.120. The van der Waals surface area contributed by atoms with Gasteiger partial charge in [0.1, 0.15) is 17.4 Å². The Morgan fingerprint density at radius 2 is 1.93 bits per heavy atom. The smallest absolute Gasteiger partial charge is 0.205 e. The van der Waals surface area contributed by atoms with Gasteiger partial charge in [-0.15, -0.1) is 0 Å². The van der Waals surface area contributed by atoms with E-state index in [1.807, 2.05) is 19.1 Å². The molecule has 4 rings (SSSR count). The highest BCUT2D eigenvalue weighted by molar-refractivity contribution is 7.91. The van der Waals surface area contributed by atoms with Crippen molar-refractivity contribution < 1.29 is 13.2 Å². The van der Waals surface area contributed by atoms with E-state index < -0.39 is 15.8 Å². The van der Waals surface area contributed by atoms with E-state index in [-0.39, 0.29) is 28.5 Å². The number of ether oxygens (including phenoxy) is 1. The Balaban J connectivity index is 2.00. The van der Waals surface area contributed by atoms with Crippen molar-refractivity contribution >= 4 is 27.2 Å². The fourth-order valence-electron chi connectivity index (χ4n) is 3.75. The monoisotopic (exact) mass is 412 g/mol. The standard InChI is InChI=1S/C21H17ClN2O3S/c1-12-2-7-18-16(10-12)20-15(8-9-28(18,25)26)19(17(11-23)21(24)27-20)13-3-5-14(22)6-4-13/h2-7,10,19H,8-9,24H2,1H3. The Morgan fingerprint density at radius 3 is 2.61 bits per heavy atom. The quantitative estimate of drug-likeness (QED) is 0.762. The maximum atomic E-state index is 12.9. The molecule has 0 fully saturated rings. The lowest BCUT2D eigenvalue weighted by molar-refractivity contribution is 0.353. The number of nitriles is 1. The van der Waals surface area contributed by atoms with Gasteiger partial charge in [0.05, 0.1) is 10.6 Å². The molecule has 0 aliphatic carbocycles. The summed E-state index contributed by atoms with van der Waals surface area (Å²) in [4.78, 5) is 0.228. The summed E-state index contributed by atoms with van der Waals surface area (Å²) in [5.41, 5.74) is 9.31. The summed E-state index contributed by atoms with van der Waals surface area (Å²) in [7, 11) is -3.49. The van der Waals surface area contributed by atoms with Gasteiger partial charge in [0.25, 0.3) is 0 Å².